The molecule has 0 aliphatic heterocycles. The Balaban J connectivity index is 1.46. The first-order valence-electron chi connectivity index (χ1n) is 9.19. The number of hydrogen-bond donors (Lipinski definition) is 1. The summed E-state index contributed by atoms with van der Waals surface area (Å²) in [5, 5.41) is 9.25. The van der Waals surface area contributed by atoms with Crippen LogP contribution in [0, 0.1) is 5.82 Å². The number of rotatable bonds is 7. The maximum absolute atomic E-state index is 14.0. The average molecular weight is 426 g/mol. The molecule has 30 heavy (non-hydrogen) atoms. The topological polar surface area (TPSA) is 77.8 Å². The van der Waals surface area contributed by atoms with Gasteiger partial charge in [-0.05, 0) is 24.3 Å². The molecule has 2 heterocycles. The number of hydrogen-bond acceptors (Lipinski definition) is 6. The number of halogens is 1. The lowest BCUT2D eigenvalue weighted by Gasteiger charge is -2.10. The van der Waals surface area contributed by atoms with E-state index in [2.05, 4.69) is 15.4 Å². The molecule has 4 rings (SSSR count). The van der Waals surface area contributed by atoms with Crippen LogP contribution < -0.4 is 14.8 Å². The molecule has 9 heteroatoms. The number of aromatic nitrogens is 3. The van der Waals surface area contributed by atoms with E-state index in [0.29, 0.717) is 46.4 Å². The van der Waals surface area contributed by atoms with Gasteiger partial charge in [-0.2, -0.15) is 4.98 Å². The van der Waals surface area contributed by atoms with Crippen LogP contribution >= 0.6 is 11.3 Å². The number of ether oxygens (including phenoxy) is 2. The van der Waals surface area contributed by atoms with Crippen molar-refractivity contribution in [2.24, 2.45) is 0 Å². The maximum Gasteiger partial charge on any atom is 0.255 e. The van der Waals surface area contributed by atoms with Gasteiger partial charge >= 0.3 is 0 Å². The number of thiazole rings is 1. The van der Waals surface area contributed by atoms with Crippen molar-refractivity contribution in [2.75, 3.05) is 20.8 Å². The van der Waals surface area contributed by atoms with Gasteiger partial charge in [0, 0.05) is 24.4 Å². The molecule has 0 unspecified atom stereocenters. The molecule has 2 aromatic heterocycles. The Bertz CT molecular complexity index is 1200. The summed E-state index contributed by atoms with van der Waals surface area (Å²) in [5.74, 6) is 0.786. The lowest BCUT2D eigenvalue weighted by molar-refractivity contribution is 0.0951. The van der Waals surface area contributed by atoms with Crippen LogP contribution in [0.25, 0.3) is 16.3 Å². The molecule has 1 amide bonds. The summed E-state index contributed by atoms with van der Waals surface area (Å²) in [4.78, 5) is 17.6. The average Bonchev–Trinajstić information content (AvgIpc) is 3.35. The Kier molecular flexibility index (Phi) is 5.62. The van der Waals surface area contributed by atoms with Gasteiger partial charge in [-0.1, -0.05) is 12.1 Å². The minimum Gasteiger partial charge on any atom is -0.497 e. The van der Waals surface area contributed by atoms with Crippen LogP contribution in [0.2, 0.25) is 0 Å². The molecule has 0 radical (unpaired) electrons. The zero-order chi connectivity index (χ0) is 21.1. The summed E-state index contributed by atoms with van der Waals surface area (Å²) in [6.45, 7) is 0.398. The van der Waals surface area contributed by atoms with Crippen molar-refractivity contribution in [3.63, 3.8) is 0 Å². The first-order chi connectivity index (χ1) is 14.6. The van der Waals surface area contributed by atoms with Gasteiger partial charge in [-0.25, -0.2) is 8.91 Å². The molecule has 0 spiro atoms. The highest BCUT2D eigenvalue weighted by atomic mass is 32.1. The zero-order valence-electron chi connectivity index (χ0n) is 16.4. The molecule has 0 bridgehead atoms. The molecule has 1 N–H and O–H groups in total. The molecule has 0 aliphatic rings. The van der Waals surface area contributed by atoms with Gasteiger partial charge in [0.15, 0.2) is 5.82 Å². The van der Waals surface area contributed by atoms with Crippen molar-refractivity contribution in [3.05, 3.63) is 64.9 Å². The number of nitrogens with one attached hydrogen (secondary N) is 1. The number of nitrogens with zero attached hydrogens (tertiary/aromatic N) is 3. The van der Waals surface area contributed by atoms with E-state index in [9.17, 15) is 9.18 Å². The normalized spacial score (nSPS) is 10.9. The number of benzene rings is 2. The smallest absolute Gasteiger partial charge is 0.255 e. The van der Waals surface area contributed by atoms with E-state index >= 15 is 0 Å². The van der Waals surface area contributed by atoms with Crippen LogP contribution in [0.3, 0.4) is 0 Å². The van der Waals surface area contributed by atoms with E-state index in [1.807, 2.05) is 5.38 Å². The van der Waals surface area contributed by atoms with E-state index in [4.69, 9.17) is 9.47 Å². The Morgan fingerprint density at radius 3 is 2.80 bits per heavy atom. The number of methoxy groups -OCH3 is 2. The van der Waals surface area contributed by atoms with Crippen LogP contribution in [-0.2, 0) is 6.42 Å². The predicted octanol–water partition coefficient (Wildman–Crippen LogP) is 3.59. The van der Waals surface area contributed by atoms with Crippen molar-refractivity contribution < 1.29 is 18.7 Å². The van der Waals surface area contributed by atoms with Gasteiger partial charge in [0.05, 0.1) is 31.0 Å². The second-order valence-corrected chi connectivity index (χ2v) is 7.25. The zero-order valence-corrected chi connectivity index (χ0v) is 17.2. The fourth-order valence-electron chi connectivity index (χ4n) is 3.04. The van der Waals surface area contributed by atoms with Crippen molar-refractivity contribution in [3.8, 4) is 22.9 Å². The summed E-state index contributed by atoms with van der Waals surface area (Å²) in [7, 11) is 3.06. The number of carbonyl (C=O) groups excluding carboxylic acids is 1. The standard InChI is InChI=1S/C21H19FN4O3S/c1-28-14-7-8-16(18(11-14)29-2)20(27)23-10-9-13-12-30-21-24-19(25-26(13)21)15-5-3-4-6-17(15)22/h3-8,11-12H,9-10H2,1-2H3,(H,23,27). The minimum absolute atomic E-state index is 0.244. The van der Waals surface area contributed by atoms with Gasteiger partial charge in [-0.15, -0.1) is 16.4 Å². The fourth-order valence-corrected chi connectivity index (χ4v) is 3.89. The molecule has 0 saturated heterocycles. The molecule has 0 aliphatic carbocycles. The number of fused-ring (bicyclic) bond motifs is 1. The highest BCUT2D eigenvalue weighted by molar-refractivity contribution is 7.15. The second kappa shape index (κ2) is 8.50. The van der Waals surface area contributed by atoms with Gasteiger partial charge in [-0.3, -0.25) is 4.79 Å². The molecule has 4 aromatic rings. The van der Waals surface area contributed by atoms with Crippen molar-refractivity contribution >= 4 is 22.2 Å². The summed E-state index contributed by atoms with van der Waals surface area (Å²) in [6, 6.07) is 11.4. The molecule has 154 valence electrons. The largest absolute Gasteiger partial charge is 0.497 e. The summed E-state index contributed by atoms with van der Waals surface area (Å²) in [5.41, 5.74) is 1.67. The van der Waals surface area contributed by atoms with Crippen molar-refractivity contribution in [1.29, 1.82) is 0 Å². The molecule has 0 atom stereocenters. The van der Waals surface area contributed by atoms with E-state index < -0.39 is 0 Å². The number of amides is 1. The van der Waals surface area contributed by atoms with Gasteiger partial charge < -0.3 is 14.8 Å². The van der Waals surface area contributed by atoms with Crippen LogP contribution in [0.4, 0.5) is 4.39 Å². The second-order valence-electron chi connectivity index (χ2n) is 6.41. The fraction of sp³-hybridized carbons (Fsp3) is 0.190. The Labute approximate surface area is 176 Å². The van der Waals surface area contributed by atoms with Crippen molar-refractivity contribution in [2.45, 2.75) is 6.42 Å². The van der Waals surface area contributed by atoms with E-state index in [1.165, 1.54) is 24.5 Å². The SMILES string of the molecule is COc1ccc(C(=O)NCCc2csc3nc(-c4ccccc4F)nn23)c(OC)c1. The summed E-state index contributed by atoms with van der Waals surface area (Å²) < 4.78 is 26.1. The maximum atomic E-state index is 14.0. The van der Waals surface area contributed by atoms with Gasteiger partial charge in [0.2, 0.25) is 4.96 Å². The van der Waals surface area contributed by atoms with E-state index in [0.717, 1.165) is 5.69 Å². The first kappa shape index (κ1) is 19.8. The van der Waals surface area contributed by atoms with Crippen LogP contribution in [0.15, 0.2) is 47.8 Å². The Morgan fingerprint density at radius 1 is 1.20 bits per heavy atom. The predicted molar refractivity (Wildman–Crippen MR) is 112 cm³/mol. The quantitative estimate of drug-likeness (QED) is 0.489. The lowest BCUT2D eigenvalue weighted by atomic mass is 10.1. The Hall–Kier alpha value is -3.46. The van der Waals surface area contributed by atoms with E-state index in [1.54, 1.807) is 48.0 Å². The molecule has 7 nitrogen and oxygen atoms in total. The molecule has 0 saturated carbocycles. The third-order valence-corrected chi connectivity index (χ3v) is 5.45. The van der Waals surface area contributed by atoms with Crippen LogP contribution in [0.5, 0.6) is 11.5 Å². The van der Waals surface area contributed by atoms with Crippen LogP contribution in [0.1, 0.15) is 16.1 Å². The number of carbonyl (C=O) groups is 1. The minimum atomic E-state index is -0.363. The molecule has 2 aromatic carbocycles. The van der Waals surface area contributed by atoms with Crippen LogP contribution in [-0.4, -0.2) is 41.3 Å². The first-order valence-corrected chi connectivity index (χ1v) is 10.1. The molecule has 0 fully saturated rings. The summed E-state index contributed by atoms with van der Waals surface area (Å²) >= 11 is 1.42. The van der Waals surface area contributed by atoms with E-state index in [-0.39, 0.29) is 11.7 Å². The highest BCUT2D eigenvalue weighted by Gasteiger charge is 2.16. The third kappa shape index (κ3) is 3.84. The monoisotopic (exact) mass is 426 g/mol. The van der Waals surface area contributed by atoms with Crippen molar-refractivity contribution in [1.82, 2.24) is 19.9 Å². The molecular formula is C21H19FN4O3S. The summed E-state index contributed by atoms with van der Waals surface area (Å²) in [6.07, 6.45) is 0.546. The lowest BCUT2D eigenvalue weighted by Crippen LogP contribution is -2.26. The highest BCUT2D eigenvalue weighted by Crippen LogP contribution is 2.25. The third-order valence-electron chi connectivity index (χ3n) is 4.58. The Morgan fingerprint density at radius 2 is 2.03 bits per heavy atom. The van der Waals surface area contributed by atoms with Gasteiger partial charge in [0.1, 0.15) is 17.3 Å². The molecular weight excluding hydrogens is 407 g/mol. The van der Waals surface area contributed by atoms with Gasteiger partial charge in [0.25, 0.3) is 5.91 Å².